The standard InChI is InChI=1S/C12H20N4O3/c1-4-5-9(8-19-3)14-12-10(16(17)18)6-7-11(13-2)15-12/h6-7,9H,4-5,8H2,1-3H3,(H2,13,14,15). The second-order valence-electron chi connectivity index (χ2n) is 4.16. The van der Waals surface area contributed by atoms with Crippen LogP contribution in [-0.2, 0) is 4.74 Å². The average Bonchev–Trinajstić information content (AvgIpc) is 2.38. The van der Waals surface area contributed by atoms with E-state index in [1.165, 1.54) is 6.07 Å². The highest BCUT2D eigenvalue weighted by Crippen LogP contribution is 2.25. The van der Waals surface area contributed by atoms with Crippen LogP contribution in [0.15, 0.2) is 12.1 Å². The number of nitro groups is 1. The molecule has 0 aromatic carbocycles. The van der Waals surface area contributed by atoms with Crippen molar-refractivity contribution >= 4 is 17.3 Å². The van der Waals surface area contributed by atoms with E-state index in [0.717, 1.165) is 12.8 Å². The fraction of sp³-hybridized carbons (Fsp3) is 0.583. The van der Waals surface area contributed by atoms with Crippen LogP contribution in [0.2, 0.25) is 0 Å². The minimum absolute atomic E-state index is 0.00769. The molecule has 0 saturated heterocycles. The van der Waals surface area contributed by atoms with Crippen LogP contribution in [0.25, 0.3) is 0 Å². The van der Waals surface area contributed by atoms with Gasteiger partial charge in [-0.3, -0.25) is 10.1 Å². The van der Waals surface area contributed by atoms with Gasteiger partial charge in [0.2, 0.25) is 5.82 Å². The third-order valence-electron chi connectivity index (χ3n) is 2.67. The van der Waals surface area contributed by atoms with E-state index >= 15 is 0 Å². The molecule has 1 aromatic heterocycles. The number of aromatic nitrogens is 1. The Morgan fingerprint density at radius 3 is 2.79 bits per heavy atom. The monoisotopic (exact) mass is 268 g/mol. The third-order valence-corrected chi connectivity index (χ3v) is 2.67. The van der Waals surface area contributed by atoms with Crippen molar-refractivity contribution in [2.24, 2.45) is 0 Å². The summed E-state index contributed by atoms with van der Waals surface area (Å²) in [4.78, 5) is 14.7. The van der Waals surface area contributed by atoms with Gasteiger partial charge in [0.15, 0.2) is 0 Å². The van der Waals surface area contributed by atoms with Crippen molar-refractivity contribution in [3.63, 3.8) is 0 Å². The van der Waals surface area contributed by atoms with Crippen molar-refractivity contribution in [1.29, 1.82) is 0 Å². The molecule has 1 rings (SSSR count). The minimum Gasteiger partial charge on any atom is -0.383 e. The summed E-state index contributed by atoms with van der Waals surface area (Å²) in [5.41, 5.74) is -0.0313. The van der Waals surface area contributed by atoms with E-state index in [2.05, 4.69) is 22.5 Å². The summed E-state index contributed by atoms with van der Waals surface area (Å²) in [6, 6.07) is 3.03. The highest BCUT2D eigenvalue weighted by Gasteiger charge is 2.19. The van der Waals surface area contributed by atoms with Crippen molar-refractivity contribution in [2.75, 3.05) is 31.4 Å². The normalized spacial score (nSPS) is 11.9. The molecule has 1 unspecified atom stereocenters. The smallest absolute Gasteiger partial charge is 0.311 e. The van der Waals surface area contributed by atoms with E-state index in [1.807, 2.05) is 0 Å². The van der Waals surface area contributed by atoms with Gasteiger partial charge >= 0.3 is 5.69 Å². The molecule has 0 aliphatic carbocycles. The van der Waals surface area contributed by atoms with Gasteiger partial charge in [-0.1, -0.05) is 13.3 Å². The molecule has 0 spiro atoms. The predicted octanol–water partition coefficient (Wildman–Crippen LogP) is 2.26. The van der Waals surface area contributed by atoms with E-state index in [0.29, 0.717) is 12.4 Å². The molecule has 0 fully saturated rings. The first-order valence-electron chi connectivity index (χ1n) is 6.21. The highest BCUT2D eigenvalue weighted by molar-refractivity contribution is 5.60. The van der Waals surface area contributed by atoms with Gasteiger partial charge in [-0.25, -0.2) is 4.98 Å². The van der Waals surface area contributed by atoms with Gasteiger partial charge in [0, 0.05) is 20.2 Å². The molecule has 1 heterocycles. The van der Waals surface area contributed by atoms with Gasteiger partial charge < -0.3 is 15.4 Å². The summed E-state index contributed by atoms with van der Waals surface area (Å²) in [6.07, 6.45) is 1.82. The molecule has 7 heteroatoms. The zero-order chi connectivity index (χ0) is 14.3. The number of hydrogen-bond acceptors (Lipinski definition) is 6. The maximum Gasteiger partial charge on any atom is 0.311 e. The van der Waals surface area contributed by atoms with Gasteiger partial charge in [0.1, 0.15) is 5.82 Å². The van der Waals surface area contributed by atoms with Crippen LogP contribution in [0, 0.1) is 10.1 Å². The summed E-state index contributed by atoms with van der Waals surface area (Å²) >= 11 is 0. The van der Waals surface area contributed by atoms with Gasteiger partial charge in [0.05, 0.1) is 17.6 Å². The molecule has 2 N–H and O–H groups in total. The zero-order valence-corrected chi connectivity index (χ0v) is 11.5. The van der Waals surface area contributed by atoms with Crippen LogP contribution in [0.1, 0.15) is 19.8 Å². The summed E-state index contributed by atoms with van der Waals surface area (Å²) in [5, 5.41) is 16.9. The number of nitrogens with zero attached hydrogens (tertiary/aromatic N) is 2. The predicted molar refractivity (Wildman–Crippen MR) is 74.6 cm³/mol. The van der Waals surface area contributed by atoms with Gasteiger partial charge in [-0.2, -0.15) is 0 Å². The van der Waals surface area contributed by atoms with Crippen molar-refractivity contribution in [3.05, 3.63) is 22.2 Å². The molecule has 0 saturated carbocycles. The Balaban J connectivity index is 2.97. The quantitative estimate of drug-likeness (QED) is 0.555. The van der Waals surface area contributed by atoms with Crippen LogP contribution in [-0.4, -0.2) is 36.7 Å². The van der Waals surface area contributed by atoms with E-state index in [1.54, 1.807) is 20.2 Å². The summed E-state index contributed by atoms with van der Waals surface area (Å²) in [5.74, 6) is 0.855. The van der Waals surface area contributed by atoms with Crippen LogP contribution in [0.3, 0.4) is 0 Å². The molecule has 1 atom stereocenters. The van der Waals surface area contributed by atoms with Gasteiger partial charge in [-0.05, 0) is 12.5 Å². The minimum atomic E-state index is -0.440. The number of methoxy groups -OCH3 is 1. The first-order chi connectivity index (χ1) is 9.12. The van der Waals surface area contributed by atoms with Gasteiger partial charge in [0.25, 0.3) is 0 Å². The number of nitrogens with one attached hydrogen (secondary N) is 2. The van der Waals surface area contributed by atoms with E-state index in [4.69, 9.17) is 4.74 Å². The second kappa shape index (κ2) is 7.52. The lowest BCUT2D eigenvalue weighted by atomic mass is 10.2. The molecule has 0 bridgehead atoms. The van der Waals surface area contributed by atoms with Crippen molar-refractivity contribution in [1.82, 2.24) is 4.98 Å². The summed E-state index contributed by atoms with van der Waals surface area (Å²) in [6.45, 7) is 2.53. The van der Waals surface area contributed by atoms with E-state index in [-0.39, 0.29) is 17.5 Å². The van der Waals surface area contributed by atoms with Crippen LogP contribution >= 0.6 is 0 Å². The lowest BCUT2D eigenvalue weighted by Gasteiger charge is -2.18. The van der Waals surface area contributed by atoms with E-state index in [9.17, 15) is 10.1 Å². The topological polar surface area (TPSA) is 89.3 Å². The molecular weight excluding hydrogens is 248 g/mol. The third kappa shape index (κ3) is 4.36. The molecule has 1 aromatic rings. The van der Waals surface area contributed by atoms with Crippen LogP contribution < -0.4 is 10.6 Å². The molecular formula is C12H20N4O3. The van der Waals surface area contributed by atoms with E-state index < -0.39 is 4.92 Å². The van der Waals surface area contributed by atoms with Crippen LogP contribution in [0.4, 0.5) is 17.3 Å². The van der Waals surface area contributed by atoms with Gasteiger partial charge in [-0.15, -0.1) is 0 Å². The summed E-state index contributed by atoms with van der Waals surface area (Å²) in [7, 11) is 3.33. The largest absolute Gasteiger partial charge is 0.383 e. The Kier molecular flexibility index (Phi) is 6.01. The SMILES string of the molecule is CCCC(COC)Nc1nc(NC)ccc1[N+](=O)[O-]. The molecule has 0 aliphatic heterocycles. The Morgan fingerprint density at radius 1 is 1.53 bits per heavy atom. The second-order valence-corrected chi connectivity index (χ2v) is 4.16. The summed E-state index contributed by atoms with van der Waals surface area (Å²) < 4.78 is 5.11. The Morgan fingerprint density at radius 2 is 2.26 bits per heavy atom. The fourth-order valence-electron chi connectivity index (χ4n) is 1.78. The number of hydrogen-bond donors (Lipinski definition) is 2. The molecule has 0 radical (unpaired) electrons. The maximum atomic E-state index is 11.0. The molecule has 19 heavy (non-hydrogen) atoms. The zero-order valence-electron chi connectivity index (χ0n) is 11.5. The Bertz CT molecular complexity index is 419. The Hall–Kier alpha value is -1.89. The molecule has 7 nitrogen and oxygen atoms in total. The maximum absolute atomic E-state index is 11.0. The molecule has 0 aliphatic rings. The van der Waals surface area contributed by atoms with Crippen molar-refractivity contribution < 1.29 is 9.66 Å². The fourth-order valence-corrected chi connectivity index (χ4v) is 1.78. The first kappa shape index (κ1) is 15.2. The number of pyridine rings is 1. The lowest BCUT2D eigenvalue weighted by Crippen LogP contribution is -2.25. The first-order valence-corrected chi connectivity index (χ1v) is 6.21. The number of anilines is 2. The molecule has 0 amide bonds. The molecule has 106 valence electrons. The highest BCUT2D eigenvalue weighted by atomic mass is 16.6. The van der Waals surface area contributed by atoms with Crippen LogP contribution in [0.5, 0.6) is 0 Å². The number of rotatable bonds is 8. The Labute approximate surface area is 112 Å². The van der Waals surface area contributed by atoms with Crippen molar-refractivity contribution in [2.45, 2.75) is 25.8 Å². The average molecular weight is 268 g/mol. The lowest BCUT2D eigenvalue weighted by molar-refractivity contribution is -0.384. The number of ether oxygens (including phenoxy) is 1. The van der Waals surface area contributed by atoms with Crippen molar-refractivity contribution in [3.8, 4) is 0 Å².